The van der Waals surface area contributed by atoms with Crippen LogP contribution >= 0.6 is 0 Å². The molecule has 0 saturated carbocycles. The topological polar surface area (TPSA) is 84.3 Å². The summed E-state index contributed by atoms with van der Waals surface area (Å²) in [5, 5.41) is 15.7. The van der Waals surface area contributed by atoms with Crippen LogP contribution in [0.4, 0.5) is 20.2 Å². The molecule has 0 radical (unpaired) electrons. The summed E-state index contributed by atoms with van der Waals surface area (Å²) in [5.41, 5.74) is -1.45. The first-order valence-corrected chi connectivity index (χ1v) is 6.01. The van der Waals surface area contributed by atoms with Crippen molar-refractivity contribution < 1.29 is 18.5 Å². The molecule has 0 heterocycles. The van der Waals surface area contributed by atoms with Crippen LogP contribution in [0.1, 0.15) is 20.3 Å². The van der Waals surface area contributed by atoms with E-state index in [9.17, 15) is 23.7 Å². The molecule has 20 heavy (non-hydrogen) atoms. The summed E-state index contributed by atoms with van der Waals surface area (Å²) in [5.74, 6) is -2.91. The highest BCUT2D eigenvalue weighted by molar-refractivity contribution is 5.94. The highest BCUT2D eigenvalue weighted by Crippen LogP contribution is 2.28. The first kappa shape index (κ1) is 16.0. The number of amides is 1. The number of nitrogens with one attached hydrogen (secondary N) is 2. The Balaban J connectivity index is 2.86. The Morgan fingerprint density at radius 1 is 1.45 bits per heavy atom. The summed E-state index contributed by atoms with van der Waals surface area (Å²) in [6.07, 6.45) is 0.790. The number of halogens is 2. The van der Waals surface area contributed by atoms with Gasteiger partial charge in [-0.2, -0.15) is 0 Å². The van der Waals surface area contributed by atoms with Crippen molar-refractivity contribution in [3.63, 3.8) is 0 Å². The fourth-order valence-electron chi connectivity index (χ4n) is 1.42. The fraction of sp³-hybridized carbons (Fsp3) is 0.417. The molecule has 0 aliphatic heterocycles. The van der Waals surface area contributed by atoms with Crippen LogP contribution < -0.4 is 10.6 Å². The number of anilines is 1. The molecule has 1 unspecified atom stereocenters. The first-order valence-electron chi connectivity index (χ1n) is 6.01. The second-order valence-corrected chi connectivity index (χ2v) is 4.28. The van der Waals surface area contributed by atoms with Gasteiger partial charge in [-0.25, -0.2) is 8.78 Å². The molecule has 0 bridgehead atoms. The number of nitro groups is 1. The van der Waals surface area contributed by atoms with Crippen molar-refractivity contribution in [3.05, 3.63) is 33.9 Å². The SMILES string of the molecule is CCC(C)NCC(=O)Nc1c(F)cc(F)cc1[N+](=O)[O-]. The lowest BCUT2D eigenvalue weighted by Gasteiger charge is -2.11. The Labute approximate surface area is 114 Å². The minimum Gasteiger partial charge on any atom is -0.317 e. The van der Waals surface area contributed by atoms with Gasteiger partial charge in [0.1, 0.15) is 5.82 Å². The summed E-state index contributed by atoms with van der Waals surface area (Å²) in [7, 11) is 0. The van der Waals surface area contributed by atoms with Crippen molar-refractivity contribution in [3.8, 4) is 0 Å². The van der Waals surface area contributed by atoms with Crippen LogP contribution in [0.5, 0.6) is 0 Å². The molecule has 0 fully saturated rings. The van der Waals surface area contributed by atoms with Gasteiger partial charge in [0.25, 0.3) is 5.69 Å². The van der Waals surface area contributed by atoms with E-state index in [4.69, 9.17) is 0 Å². The number of carbonyl (C=O) groups excluding carboxylic acids is 1. The summed E-state index contributed by atoms with van der Waals surface area (Å²) in [4.78, 5) is 21.4. The Hall–Kier alpha value is -2.09. The van der Waals surface area contributed by atoms with Crippen LogP contribution in [0.25, 0.3) is 0 Å². The molecule has 1 amide bonds. The zero-order chi connectivity index (χ0) is 15.3. The van der Waals surface area contributed by atoms with Crippen molar-refractivity contribution in [2.75, 3.05) is 11.9 Å². The predicted molar refractivity (Wildman–Crippen MR) is 69.4 cm³/mol. The van der Waals surface area contributed by atoms with E-state index in [0.717, 1.165) is 6.42 Å². The molecule has 0 aliphatic carbocycles. The third kappa shape index (κ3) is 4.23. The molecule has 1 aromatic carbocycles. The molecule has 1 aromatic rings. The molecule has 1 rings (SSSR count). The van der Waals surface area contributed by atoms with Gasteiger partial charge in [0.2, 0.25) is 5.91 Å². The average molecular weight is 287 g/mol. The van der Waals surface area contributed by atoms with Gasteiger partial charge in [-0.05, 0) is 13.3 Å². The fourth-order valence-corrected chi connectivity index (χ4v) is 1.42. The molecule has 1 atom stereocenters. The predicted octanol–water partition coefficient (Wildman–Crippen LogP) is 2.20. The van der Waals surface area contributed by atoms with Crippen LogP contribution in [-0.2, 0) is 4.79 Å². The lowest BCUT2D eigenvalue weighted by molar-refractivity contribution is -0.384. The number of hydrogen-bond acceptors (Lipinski definition) is 4. The number of nitrogens with zero attached hydrogens (tertiary/aromatic N) is 1. The molecule has 8 heteroatoms. The molecule has 0 saturated heterocycles. The minimum absolute atomic E-state index is 0.0776. The van der Waals surface area contributed by atoms with Crippen molar-refractivity contribution in [2.24, 2.45) is 0 Å². The van der Waals surface area contributed by atoms with Crippen LogP contribution in [0.3, 0.4) is 0 Å². The second-order valence-electron chi connectivity index (χ2n) is 4.28. The average Bonchev–Trinajstić information content (AvgIpc) is 2.38. The van der Waals surface area contributed by atoms with Gasteiger partial charge in [0.05, 0.1) is 17.5 Å². The molecular formula is C12H15F2N3O3. The van der Waals surface area contributed by atoms with Crippen molar-refractivity contribution in [1.29, 1.82) is 0 Å². The highest BCUT2D eigenvalue weighted by Gasteiger charge is 2.22. The highest BCUT2D eigenvalue weighted by atomic mass is 19.1. The first-order chi connectivity index (χ1) is 9.35. The number of hydrogen-bond donors (Lipinski definition) is 2. The van der Waals surface area contributed by atoms with E-state index in [2.05, 4.69) is 10.6 Å². The molecule has 2 N–H and O–H groups in total. The second kappa shape index (κ2) is 6.90. The van der Waals surface area contributed by atoms with Gasteiger partial charge < -0.3 is 10.6 Å². The molecular weight excluding hydrogens is 272 g/mol. The summed E-state index contributed by atoms with van der Waals surface area (Å²) in [6.45, 7) is 3.65. The van der Waals surface area contributed by atoms with Gasteiger partial charge >= 0.3 is 0 Å². The van der Waals surface area contributed by atoms with Gasteiger partial charge in [-0.1, -0.05) is 6.92 Å². The number of carbonyl (C=O) groups is 1. The van der Waals surface area contributed by atoms with Gasteiger partial charge in [-0.15, -0.1) is 0 Å². The molecule has 0 spiro atoms. The Bertz CT molecular complexity index is 523. The van der Waals surface area contributed by atoms with E-state index in [1.165, 1.54) is 0 Å². The number of benzene rings is 1. The number of nitro benzene ring substituents is 1. The summed E-state index contributed by atoms with van der Waals surface area (Å²) >= 11 is 0. The zero-order valence-corrected chi connectivity index (χ0v) is 11.1. The normalized spacial score (nSPS) is 12.0. The largest absolute Gasteiger partial charge is 0.317 e. The van der Waals surface area contributed by atoms with Crippen LogP contribution in [-0.4, -0.2) is 23.4 Å². The van der Waals surface area contributed by atoms with E-state index in [-0.39, 0.29) is 12.6 Å². The van der Waals surface area contributed by atoms with E-state index in [1.54, 1.807) is 0 Å². The van der Waals surface area contributed by atoms with E-state index < -0.39 is 33.8 Å². The smallest absolute Gasteiger partial charge is 0.298 e. The Morgan fingerprint density at radius 2 is 2.10 bits per heavy atom. The molecule has 110 valence electrons. The monoisotopic (exact) mass is 287 g/mol. The summed E-state index contributed by atoms with van der Waals surface area (Å²) in [6, 6.07) is 1.11. The standard InChI is InChI=1S/C12H15F2N3O3/c1-3-7(2)15-6-11(18)16-12-9(14)4-8(13)5-10(12)17(19)20/h4-5,7,15H,3,6H2,1-2H3,(H,16,18). The lowest BCUT2D eigenvalue weighted by Crippen LogP contribution is -2.34. The third-order valence-electron chi connectivity index (χ3n) is 2.72. The third-order valence-corrected chi connectivity index (χ3v) is 2.72. The van der Waals surface area contributed by atoms with Crippen molar-refractivity contribution >= 4 is 17.3 Å². The van der Waals surface area contributed by atoms with Gasteiger partial charge in [0, 0.05) is 12.1 Å². The molecule has 0 aromatic heterocycles. The van der Waals surface area contributed by atoms with Crippen molar-refractivity contribution in [2.45, 2.75) is 26.3 Å². The Kier molecular flexibility index (Phi) is 5.51. The summed E-state index contributed by atoms with van der Waals surface area (Å²) < 4.78 is 26.5. The van der Waals surface area contributed by atoms with Crippen LogP contribution in [0.2, 0.25) is 0 Å². The van der Waals surface area contributed by atoms with Crippen LogP contribution in [0.15, 0.2) is 12.1 Å². The molecule has 0 aliphatic rings. The quantitative estimate of drug-likeness (QED) is 0.620. The lowest BCUT2D eigenvalue weighted by atomic mass is 10.2. The van der Waals surface area contributed by atoms with Gasteiger partial charge in [-0.3, -0.25) is 14.9 Å². The Morgan fingerprint density at radius 3 is 2.65 bits per heavy atom. The maximum Gasteiger partial charge on any atom is 0.298 e. The number of rotatable bonds is 6. The van der Waals surface area contributed by atoms with E-state index in [1.807, 2.05) is 13.8 Å². The van der Waals surface area contributed by atoms with Gasteiger partial charge in [0.15, 0.2) is 11.5 Å². The maximum atomic E-state index is 13.5. The van der Waals surface area contributed by atoms with E-state index >= 15 is 0 Å². The maximum absolute atomic E-state index is 13.5. The minimum atomic E-state index is -1.19. The van der Waals surface area contributed by atoms with Crippen LogP contribution in [0, 0.1) is 21.7 Å². The molecule has 6 nitrogen and oxygen atoms in total. The van der Waals surface area contributed by atoms with E-state index in [0.29, 0.717) is 12.1 Å². The zero-order valence-electron chi connectivity index (χ0n) is 11.1. The van der Waals surface area contributed by atoms with Crippen molar-refractivity contribution in [1.82, 2.24) is 5.32 Å².